The van der Waals surface area contributed by atoms with Gasteiger partial charge in [-0.25, -0.2) is 4.79 Å². The van der Waals surface area contributed by atoms with Crippen molar-refractivity contribution in [3.05, 3.63) is 29.3 Å². The minimum atomic E-state index is -0.723. The number of anilines is 1. The number of benzene rings is 1. The summed E-state index contributed by atoms with van der Waals surface area (Å²) in [6.07, 6.45) is -1.06. The number of aliphatic hydroxyl groups excluding tert-OH is 1. The Labute approximate surface area is 142 Å². The number of carbonyl (C=O) groups is 2. The van der Waals surface area contributed by atoms with Gasteiger partial charge >= 0.3 is 6.09 Å². The van der Waals surface area contributed by atoms with E-state index in [2.05, 4.69) is 5.32 Å². The summed E-state index contributed by atoms with van der Waals surface area (Å²) in [4.78, 5) is 26.1. The zero-order chi connectivity index (χ0) is 17.9. The average molecular weight is 334 g/mol. The van der Waals surface area contributed by atoms with Crippen molar-refractivity contribution in [3.8, 4) is 0 Å². The molecular formula is C18H26N2O4. The van der Waals surface area contributed by atoms with Crippen molar-refractivity contribution in [2.24, 2.45) is 5.92 Å². The van der Waals surface area contributed by atoms with Crippen LogP contribution in [0.3, 0.4) is 0 Å². The van der Waals surface area contributed by atoms with Gasteiger partial charge in [0, 0.05) is 12.1 Å². The highest BCUT2D eigenvalue weighted by molar-refractivity contribution is 5.97. The monoisotopic (exact) mass is 334 g/mol. The number of ether oxygens (including phenoxy) is 1. The standard InChI is InChI=1S/C18H26N2O4/c1-11(2)10-24-18(23)20-9-14(21)8-16(20)17(22)19-15-7-5-6-12(3)13(15)4/h5-7,11,14,16,21H,8-10H2,1-4H3,(H,19,22)/t14-,16-/m0/s1. The van der Waals surface area contributed by atoms with E-state index in [1.165, 1.54) is 4.90 Å². The molecular weight excluding hydrogens is 308 g/mol. The maximum Gasteiger partial charge on any atom is 0.410 e. The Kier molecular flexibility index (Phi) is 5.83. The first-order valence-electron chi connectivity index (χ1n) is 8.28. The Morgan fingerprint density at radius 3 is 2.75 bits per heavy atom. The van der Waals surface area contributed by atoms with Crippen molar-refractivity contribution >= 4 is 17.7 Å². The van der Waals surface area contributed by atoms with Gasteiger partial charge in [-0.3, -0.25) is 9.69 Å². The second-order valence-corrected chi connectivity index (χ2v) is 6.77. The summed E-state index contributed by atoms with van der Waals surface area (Å²) in [6.45, 7) is 8.19. The van der Waals surface area contributed by atoms with E-state index >= 15 is 0 Å². The lowest BCUT2D eigenvalue weighted by Gasteiger charge is -2.24. The molecule has 0 radical (unpaired) electrons. The third-order valence-corrected chi connectivity index (χ3v) is 4.22. The van der Waals surface area contributed by atoms with Crippen LogP contribution in [-0.4, -0.2) is 47.3 Å². The smallest absolute Gasteiger partial charge is 0.410 e. The summed E-state index contributed by atoms with van der Waals surface area (Å²) in [5.74, 6) is -0.0922. The van der Waals surface area contributed by atoms with Crippen LogP contribution in [-0.2, 0) is 9.53 Å². The highest BCUT2D eigenvalue weighted by atomic mass is 16.6. The first kappa shape index (κ1) is 18.3. The lowest BCUT2D eigenvalue weighted by molar-refractivity contribution is -0.120. The highest BCUT2D eigenvalue weighted by Crippen LogP contribution is 2.23. The lowest BCUT2D eigenvalue weighted by atomic mass is 10.1. The predicted molar refractivity (Wildman–Crippen MR) is 91.8 cm³/mol. The van der Waals surface area contributed by atoms with Crippen LogP contribution in [0.4, 0.5) is 10.5 Å². The number of nitrogens with zero attached hydrogens (tertiary/aromatic N) is 1. The van der Waals surface area contributed by atoms with Gasteiger partial charge in [0.15, 0.2) is 0 Å². The van der Waals surface area contributed by atoms with Gasteiger partial charge in [0.05, 0.1) is 19.3 Å². The van der Waals surface area contributed by atoms with E-state index in [9.17, 15) is 14.7 Å². The van der Waals surface area contributed by atoms with Crippen LogP contribution >= 0.6 is 0 Å². The molecule has 0 aliphatic carbocycles. The van der Waals surface area contributed by atoms with Gasteiger partial charge in [-0.1, -0.05) is 26.0 Å². The van der Waals surface area contributed by atoms with Crippen molar-refractivity contribution in [1.29, 1.82) is 0 Å². The molecule has 24 heavy (non-hydrogen) atoms. The molecule has 1 heterocycles. The minimum absolute atomic E-state index is 0.113. The van der Waals surface area contributed by atoms with E-state index in [0.717, 1.165) is 16.8 Å². The summed E-state index contributed by atoms with van der Waals surface area (Å²) < 4.78 is 5.21. The number of β-amino-alcohol motifs (C(OH)–C–C–N with tert-alkyl or cyclic N) is 1. The van der Waals surface area contributed by atoms with E-state index in [-0.39, 0.29) is 31.4 Å². The normalized spacial score (nSPS) is 20.3. The molecule has 1 fully saturated rings. The third-order valence-electron chi connectivity index (χ3n) is 4.22. The van der Waals surface area contributed by atoms with Gasteiger partial charge in [-0.05, 0) is 37.0 Å². The molecule has 0 unspecified atom stereocenters. The van der Waals surface area contributed by atoms with Crippen LogP contribution in [0.5, 0.6) is 0 Å². The van der Waals surface area contributed by atoms with E-state index in [4.69, 9.17) is 4.74 Å². The Morgan fingerprint density at radius 2 is 2.08 bits per heavy atom. The van der Waals surface area contributed by atoms with Crippen molar-refractivity contribution in [3.63, 3.8) is 0 Å². The molecule has 1 aliphatic rings. The third kappa shape index (κ3) is 4.26. The van der Waals surface area contributed by atoms with Gasteiger partial charge in [-0.2, -0.15) is 0 Å². The van der Waals surface area contributed by atoms with E-state index < -0.39 is 18.2 Å². The Balaban J connectivity index is 2.08. The van der Waals surface area contributed by atoms with Crippen molar-refractivity contribution in [2.45, 2.75) is 46.3 Å². The first-order valence-corrected chi connectivity index (χ1v) is 8.28. The molecule has 1 aromatic carbocycles. The topological polar surface area (TPSA) is 78.9 Å². The number of hydrogen-bond acceptors (Lipinski definition) is 4. The summed E-state index contributed by atoms with van der Waals surface area (Å²) in [7, 11) is 0. The van der Waals surface area contributed by atoms with Crippen LogP contribution in [0.15, 0.2) is 18.2 Å². The molecule has 2 rings (SSSR count). The molecule has 1 saturated heterocycles. The van der Waals surface area contributed by atoms with Crippen LogP contribution in [0, 0.1) is 19.8 Å². The summed E-state index contributed by atoms with van der Waals surface area (Å²) in [6, 6.07) is 4.95. The van der Waals surface area contributed by atoms with Gasteiger partial charge in [-0.15, -0.1) is 0 Å². The SMILES string of the molecule is Cc1cccc(NC(=O)[C@@H]2C[C@H](O)CN2C(=O)OCC(C)C)c1C. The number of nitrogens with one attached hydrogen (secondary N) is 1. The van der Waals surface area contributed by atoms with Crippen LogP contribution in [0.1, 0.15) is 31.4 Å². The molecule has 132 valence electrons. The zero-order valence-corrected chi connectivity index (χ0v) is 14.7. The van der Waals surface area contributed by atoms with E-state index in [1.54, 1.807) is 0 Å². The van der Waals surface area contributed by atoms with Crippen LogP contribution in [0.2, 0.25) is 0 Å². The molecule has 0 aromatic heterocycles. The fraction of sp³-hybridized carbons (Fsp3) is 0.556. The second-order valence-electron chi connectivity index (χ2n) is 6.77. The number of hydrogen-bond donors (Lipinski definition) is 2. The predicted octanol–water partition coefficient (Wildman–Crippen LogP) is 2.47. The lowest BCUT2D eigenvalue weighted by Crippen LogP contribution is -2.43. The Hall–Kier alpha value is -2.08. The fourth-order valence-electron chi connectivity index (χ4n) is 2.69. The molecule has 6 nitrogen and oxygen atoms in total. The number of aryl methyl sites for hydroxylation is 1. The average Bonchev–Trinajstić information content (AvgIpc) is 2.91. The Morgan fingerprint density at radius 1 is 1.38 bits per heavy atom. The molecule has 0 spiro atoms. The highest BCUT2D eigenvalue weighted by Gasteiger charge is 2.40. The summed E-state index contributed by atoms with van der Waals surface area (Å²) in [5.41, 5.74) is 2.78. The van der Waals surface area contributed by atoms with Gasteiger partial charge < -0.3 is 15.2 Å². The zero-order valence-electron chi connectivity index (χ0n) is 14.7. The molecule has 1 aromatic rings. The molecule has 2 atom stereocenters. The van der Waals surface area contributed by atoms with Gasteiger partial charge in [0.2, 0.25) is 5.91 Å². The summed E-state index contributed by atoms with van der Waals surface area (Å²) in [5, 5.41) is 12.7. The van der Waals surface area contributed by atoms with Crippen LogP contribution < -0.4 is 5.32 Å². The number of aliphatic hydroxyl groups is 1. The number of carbonyl (C=O) groups excluding carboxylic acids is 2. The van der Waals surface area contributed by atoms with E-state index in [1.807, 2.05) is 45.9 Å². The van der Waals surface area contributed by atoms with Gasteiger partial charge in [0.25, 0.3) is 0 Å². The Bertz CT molecular complexity index is 615. The molecule has 0 bridgehead atoms. The number of likely N-dealkylation sites (tertiary alicyclic amines) is 1. The number of rotatable bonds is 4. The maximum absolute atomic E-state index is 12.6. The summed E-state index contributed by atoms with van der Waals surface area (Å²) >= 11 is 0. The molecule has 6 heteroatoms. The first-order chi connectivity index (χ1) is 11.3. The van der Waals surface area contributed by atoms with Gasteiger partial charge in [0.1, 0.15) is 6.04 Å². The number of amides is 2. The molecule has 2 amide bonds. The largest absolute Gasteiger partial charge is 0.449 e. The molecule has 0 saturated carbocycles. The molecule has 2 N–H and O–H groups in total. The van der Waals surface area contributed by atoms with Crippen molar-refractivity contribution in [2.75, 3.05) is 18.5 Å². The van der Waals surface area contributed by atoms with Crippen molar-refractivity contribution < 1.29 is 19.4 Å². The quantitative estimate of drug-likeness (QED) is 0.886. The van der Waals surface area contributed by atoms with Crippen LogP contribution in [0.25, 0.3) is 0 Å². The van der Waals surface area contributed by atoms with Crippen molar-refractivity contribution in [1.82, 2.24) is 4.90 Å². The molecule has 1 aliphatic heterocycles. The van der Waals surface area contributed by atoms with E-state index in [0.29, 0.717) is 0 Å². The minimum Gasteiger partial charge on any atom is -0.449 e. The maximum atomic E-state index is 12.6. The second kappa shape index (κ2) is 7.66. The fourth-order valence-corrected chi connectivity index (χ4v) is 2.69.